The van der Waals surface area contributed by atoms with Crippen LogP contribution >= 0.6 is 15.9 Å². The number of carbonyl (C=O) groups excluding carboxylic acids is 1. The highest BCUT2D eigenvalue weighted by molar-refractivity contribution is 9.10. The first-order chi connectivity index (χ1) is 7.58. The maximum absolute atomic E-state index is 11.6. The van der Waals surface area contributed by atoms with E-state index < -0.39 is 0 Å². The minimum Gasteiger partial charge on any atom is -0.324 e. The van der Waals surface area contributed by atoms with Crippen molar-refractivity contribution in [2.75, 3.05) is 12.4 Å². The molecule has 4 nitrogen and oxygen atoms in total. The number of benzene rings is 1. The van der Waals surface area contributed by atoms with E-state index in [-0.39, 0.29) is 11.9 Å². The molecule has 0 heterocycles. The first-order valence-electron chi connectivity index (χ1n) is 4.76. The number of nitrogens with zero attached hydrogens (tertiary/aromatic N) is 1. The van der Waals surface area contributed by atoms with Gasteiger partial charge < -0.3 is 10.6 Å². The molecule has 0 aromatic heterocycles. The summed E-state index contributed by atoms with van der Waals surface area (Å²) >= 11 is 3.29. The van der Waals surface area contributed by atoms with Crippen molar-refractivity contribution < 1.29 is 4.79 Å². The summed E-state index contributed by atoms with van der Waals surface area (Å²) < 4.78 is 0.818. The van der Waals surface area contributed by atoms with Crippen molar-refractivity contribution >= 4 is 27.5 Å². The molecule has 1 rings (SSSR count). The van der Waals surface area contributed by atoms with Gasteiger partial charge in [0.25, 0.3) is 0 Å². The maximum Gasteiger partial charge on any atom is 0.241 e. The zero-order valence-electron chi connectivity index (χ0n) is 9.04. The Morgan fingerprint density at radius 2 is 2.25 bits per heavy atom. The van der Waals surface area contributed by atoms with Crippen LogP contribution < -0.4 is 10.6 Å². The summed E-state index contributed by atoms with van der Waals surface area (Å²) in [5.74, 6) is -0.169. The largest absolute Gasteiger partial charge is 0.324 e. The highest BCUT2D eigenvalue weighted by Crippen LogP contribution is 2.20. The molecule has 0 radical (unpaired) electrons. The number of amides is 1. The molecule has 0 saturated carbocycles. The quantitative estimate of drug-likeness (QED) is 0.889. The monoisotopic (exact) mass is 281 g/mol. The maximum atomic E-state index is 11.6. The normalized spacial score (nSPS) is 11.6. The van der Waals surface area contributed by atoms with Gasteiger partial charge in [0.2, 0.25) is 5.91 Å². The molecule has 5 heteroatoms. The molecule has 0 saturated heterocycles. The van der Waals surface area contributed by atoms with Crippen LogP contribution in [0.1, 0.15) is 12.5 Å². The van der Waals surface area contributed by atoms with Crippen molar-refractivity contribution in [1.82, 2.24) is 5.32 Å². The van der Waals surface area contributed by atoms with Gasteiger partial charge in [0, 0.05) is 4.47 Å². The lowest BCUT2D eigenvalue weighted by molar-refractivity contribution is -0.117. The minimum atomic E-state index is -0.300. The summed E-state index contributed by atoms with van der Waals surface area (Å²) in [7, 11) is 1.70. The van der Waals surface area contributed by atoms with Gasteiger partial charge in [0.15, 0.2) is 0 Å². The van der Waals surface area contributed by atoms with Gasteiger partial charge in [0.05, 0.1) is 17.3 Å². The standard InChI is InChI=1S/C11H12BrN3O/c1-7(14-2)11(16)15-10-5-9(12)4-3-8(10)6-13/h3-5,7,14H,1-2H3,(H,15,16). The SMILES string of the molecule is CNC(C)C(=O)Nc1cc(Br)ccc1C#N. The van der Waals surface area contributed by atoms with E-state index in [9.17, 15) is 4.79 Å². The lowest BCUT2D eigenvalue weighted by atomic mass is 10.2. The molecule has 16 heavy (non-hydrogen) atoms. The van der Waals surface area contributed by atoms with Crippen LogP contribution in [-0.4, -0.2) is 19.0 Å². The highest BCUT2D eigenvalue weighted by atomic mass is 79.9. The molecular formula is C11H12BrN3O. The molecule has 1 atom stereocenters. The highest BCUT2D eigenvalue weighted by Gasteiger charge is 2.12. The van der Waals surface area contributed by atoms with Gasteiger partial charge in [-0.3, -0.25) is 4.79 Å². The average Bonchev–Trinajstić information content (AvgIpc) is 2.28. The Morgan fingerprint density at radius 3 is 2.81 bits per heavy atom. The predicted molar refractivity (Wildman–Crippen MR) is 66.0 cm³/mol. The summed E-state index contributed by atoms with van der Waals surface area (Å²) in [6, 6.07) is 6.85. The van der Waals surface area contributed by atoms with Crippen molar-refractivity contribution in [3.8, 4) is 6.07 Å². The van der Waals surface area contributed by atoms with Gasteiger partial charge in [0.1, 0.15) is 6.07 Å². The Morgan fingerprint density at radius 1 is 1.56 bits per heavy atom. The first kappa shape index (κ1) is 12.7. The van der Waals surface area contributed by atoms with Crippen LogP contribution in [0.3, 0.4) is 0 Å². The lowest BCUT2D eigenvalue weighted by Crippen LogP contribution is -2.35. The smallest absolute Gasteiger partial charge is 0.241 e. The Hall–Kier alpha value is -1.38. The molecule has 2 N–H and O–H groups in total. The van der Waals surface area contributed by atoms with Crippen molar-refractivity contribution in [2.45, 2.75) is 13.0 Å². The van der Waals surface area contributed by atoms with E-state index >= 15 is 0 Å². The molecule has 0 aliphatic heterocycles. The molecule has 0 spiro atoms. The molecule has 1 aromatic rings. The fourth-order valence-corrected chi connectivity index (χ4v) is 1.45. The lowest BCUT2D eigenvalue weighted by Gasteiger charge is -2.12. The zero-order valence-corrected chi connectivity index (χ0v) is 10.6. The van der Waals surface area contributed by atoms with Crippen molar-refractivity contribution in [3.05, 3.63) is 28.2 Å². The molecule has 1 amide bonds. The molecule has 1 unspecified atom stereocenters. The number of carbonyl (C=O) groups is 1. The second-order valence-corrected chi connectivity index (χ2v) is 4.22. The number of anilines is 1. The van der Waals surface area contributed by atoms with Crippen LogP contribution in [-0.2, 0) is 4.79 Å². The minimum absolute atomic E-state index is 0.169. The zero-order chi connectivity index (χ0) is 12.1. The summed E-state index contributed by atoms with van der Waals surface area (Å²) in [4.78, 5) is 11.6. The molecule has 0 aliphatic rings. The first-order valence-corrected chi connectivity index (χ1v) is 5.55. The van der Waals surface area contributed by atoms with Crippen molar-refractivity contribution in [2.24, 2.45) is 0 Å². The van der Waals surface area contributed by atoms with E-state index in [2.05, 4.69) is 26.6 Å². The van der Waals surface area contributed by atoms with E-state index in [0.29, 0.717) is 11.3 Å². The van der Waals surface area contributed by atoms with Crippen LogP contribution in [0.25, 0.3) is 0 Å². The van der Waals surface area contributed by atoms with Gasteiger partial charge in [-0.1, -0.05) is 15.9 Å². The topological polar surface area (TPSA) is 64.9 Å². The fraction of sp³-hybridized carbons (Fsp3) is 0.273. The molecular weight excluding hydrogens is 270 g/mol. The second kappa shape index (κ2) is 5.64. The number of rotatable bonds is 3. The van der Waals surface area contributed by atoms with Gasteiger partial charge >= 0.3 is 0 Å². The molecule has 1 aromatic carbocycles. The van der Waals surface area contributed by atoms with Gasteiger partial charge in [-0.05, 0) is 32.2 Å². The molecule has 84 valence electrons. The van der Waals surface area contributed by atoms with Gasteiger partial charge in [-0.25, -0.2) is 0 Å². The molecule has 0 bridgehead atoms. The van der Waals surface area contributed by atoms with E-state index in [1.807, 2.05) is 6.07 Å². The number of halogens is 1. The third-order valence-electron chi connectivity index (χ3n) is 2.19. The average molecular weight is 282 g/mol. The van der Waals surface area contributed by atoms with Gasteiger partial charge in [-0.15, -0.1) is 0 Å². The summed E-state index contributed by atoms with van der Waals surface area (Å²) in [6.07, 6.45) is 0. The number of hydrogen-bond donors (Lipinski definition) is 2. The van der Waals surface area contributed by atoms with Crippen LogP contribution in [0.4, 0.5) is 5.69 Å². The summed E-state index contributed by atoms with van der Waals surface area (Å²) in [5.41, 5.74) is 0.962. The third-order valence-corrected chi connectivity index (χ3v) is 2.68. The molecule has 0 fully saturated rings. The predicted octanol–water partition coefficient (Wildman–Crippen LogP) is 1.87. The number of nitriles is 1. The summed E-state index contributed by atoms with van der Waals surface area (Å²) in [5, 5.41) is 14.4. The van der Waals surface area contributed by atoms with Crippen LogP contribution in [0, 0.1) is 11.3 Å². The second-order valence-electron chi connectivity index (χ2n) is 3.30. The Labute approximate surface area is 103 Å². The number of hydrogen-bond acceptors (Lipinski definition) is 3. The van der Waals surface area contributed by atoms with Crippen LogP contribution in [0.5, 0.6) is 0 Å². The Kier molecular flexibility index (Phi) is 4.47. The number of nitrogens with one attached hydrogen (secondary N) is 2. The summed E-state index contributed by atoms with van der Waals surface area (Å²) in [6.45, 7) is 1.75. The van der Waals surface area contributed by atoms with Gasteiger partial charge in [-0.2, -0.15) is 5.26 Å². The fourth-order valence-electron chi connectivity index (χ4n) is 1.09. The Bertz CT molecular complexity index is 439. The van der Waals surface area contributed by atoms with Crippen molar-refractivity contribution in [1.29, 1.82) is 5.26 Å². The van der Waals surface area contributed by atoms with E-state index in [1.165, 1.54) is 0 Å². The number of likely N-dealkylation sites (N-methyl/N-ethyl adjacent to an activating group) is 1. The molecule has 0 aliphatic carbocycles. The van der Waals surface area contributed by atoms with E-state index in [0.717, 1.165) is 4.47 Å². The van der Waals surface area contributed by atoms with E-state index in [1.54, 1.807) is 32.2 Å². The van der Waals surface area contributed by atoms with E-state index in [4.69, 9.17) is 5.26 Å². The van der Waals surface area contributed by atoms with Crippen molar-refractivity contribution in [3.63, 3.8) is 0 Å². The van der Waals surface area contributed by atoms with Crippen LogP contribution in [0.15, 0.2) is 22.7 Å². The third kappa shape index (κ3) is 3.05. The Balaban J connectivity index is 2.92. The van der Waals surface area contributed by atoms with Crippen LogP contribution in [0.2, 0.25) is 0 Å².